The number of rotatable bonds is 6. The highest BCUT2D eigenvalue weighted by molar-refractivity contribution is 7.90. The minimum Gasteiger partial charge on any atom is -0.497 e. The number of hydrogen-bond donors (Lipinski definition) is 1. The first-order valence-corrected chi connectivity index (χ1v) is 10.8. The van der Waals surface area contributed by atoms with Crippen LogP contribution in [0.25, 0.3) is 10.9 Å². The van der Waals surface area contributed by atoms with Gasteiger partial charge < -0.3 is 14.8 Å². The summed E-state index contributed by atoms with van der Waals surface area (Å²) in [4.78, 5) is 0.199. The van der Waals surface area contributed by atoms with Crippen LogP contribution in [0.4, 0.5) is 11.4 Å². The summed E-state index contributed by atoms with van der Waals surface area (Å²) < 4.78 is 38.2. The molecule has 154 valence electrons. The van der Waals surface area contributed by atoms with Crippen molar-refractivity contribution in [2.24, 2.45) is 0 Å². The molecule has 0 unspecified atom stereocenters. The molecular formula is C23H22N2O4S. The molecule has 0 saturated heterocycles. The van der Waals surface area contributed by atoms with Crippen molar-refractivity contribution in [1.82, 2.24) is 3.97 Å². The van der Waals surface area contributed by atoms with Gasteiger partial charge in [-0.3, -0.25) is 0 Å². The molecule has 4 aromatic rings. The van der Waals surface area contributed by atoms with Crippen molar-refractivity contribution in [3.8, 4) is 11.5 Å². The fraction of sp³-hybridized carbons (Fsp3) is 0.130. The summed E-state index contributed by atoms with van der Waals surface area (Å²) in [6.07, 6.45) is 1.58. The number of methoxy groups -OCH3 is 2. The highest BCUT2D eigenvalue weighted by Crippen LogP contribution is 2.32. The second-order valence-corrected chi connectivity index (χ2v) is 8.71. The van der Waals surface area contributed by atoms with Gasteiger partial charge in [-0.2, -0.15) is 0 Å². The van der Waals surface area contributed by atoms with E-state index in [0.717, 1.165) is 28.1 Å². The summed E-state index contributed by atoms with van der Waals surface area (Å²) in [5, 5.41) is 4.18. The number of fused-ring (bicyclic) bond motifs is 1. The Morgan fingerprint density at radius 1 is 0.867 bits per heavy atom. The van der Waals surface area contributed by atoms with Crippen LogP contribution in [-0.2, 0) is 10.0 Å². The van der Waals surface area contributed by atoms with Crippen LogP contribution in [0.5, 0.6) is 11.5 Å². The molecular weight excluding hydrogens is 400 g/mol. The predicted octanol–water partition coefficient (Wildman–Crippen LogP) is 4.95. The van der Waals surface area contributed by atoms with Gasteiger partial charge >= 0.3 is 0 Å². The second kappa shape index (κ2) is 7.76. The monoisotopic (exact) mass is 422 g/mol. The van der Waals surface area contributed by atoms with Gasteiger partial charge in [0.2, 0.25) is 0 Å². The molecule has 6 nitrogen and oxygen atoms in total. The third kappa shape index (κ3) is 3.59. The van der Waals surface area contributed by atoms with Crippen molar-refractivity contribution < 1.29 is 17.9 Å². The van der Waals surface area contributed by atoms with Crippen LogP contribution in [-0.4, -0.2) is 26.6 Å². The van der Waals surface area contributed by atoms with Crippen LogP contribution in [0.15, 0.2) is 77.8 Å². The number of nitrogens with one attached hydrogen (secondary N) is 1. The van der Waals surface area contributed by atoms with Crippen molar-refractivity contribution in [1.29, 1.82) is 0 Å². The zero-order valence-electron chi connectivity index (χ0n) is 16.9. The SMILES string of the molecule is COc1ccc(S(=O)(=O)n2ccc3c(Nc4cccc(OC)c4)cc(C)cc32)cc1. The van der Waals surface area contributed by atoms with Crippen LogP contribution >= 0.6 is 0 Å². The average Bonchev–Trinajstić information content (AvgIpc) is 3.18. The van der Waals surface area contributed by atoms with Crippen LogP contribution < -0.4 is 14.8 Å². The molecule has 0 bridgehead atoms. The smallest absolute Gasteiger partial charge is 0.268 e. The third-order valence-corrected chi connectivity index (χ3v) is 6.59. The Morgan fingerprint density at radius 3 is 2.30 bits per heavy atom. The second-order valence-electron chi connectivity index (χ2n) is 6.89. The van der Waals surface area contributed by atoms with E-state index in [2.05, 4.69) is 5.32 Å². The summed E-state index contributed by atoms with van der Waals surface area (Å²) >= 11 is 0. The van der Waals surface area contributed by atoms with Gasteiger partial charge in [0.15, 0.2) is 0 Å². The minimum atomic E-state index is -3.75. The van der Waals surface area contributed by atoms with E-state index in [4.69, 9.17) is 9.47 Å². The maximum Gasteiger partial charge on any atom is 0.268 e. The molecule has 0 aliphatic carbocycles. The maximum atomic E-state index is 13.3. The standard InChI is InChI=1S/C23H22N2O4S/c1-16-13-22(24-17-5-4-6-19(15-17)29-3)21-11-12-25(23(21)14-16)30(26,27)20-9-7-18(28-2)8-10-20/h4-15,24H,1-3H3. The molecule has 4 rings (SSSR count). The van der Waals surface area contributed by atoms with Crippen LogP contribution in [0, 0.1) is 6.92 Å². The Morgan fingerprint density at radius 2 is 1.60 bits per heavy atom. The Hall–Kier alpha value is -3.45. The molecule has 7 heteroatoms. The Bertz CT molecular complexity index is 1310. The number of nitrogens with zero attached hydrogens (tertiary/aromatic N) is 1. The Labute approximate surface area is 175 Å². The Kier molecular flexibility index (Phi) is 5.13. The van der Waals surface area contributed by atoms with Crippen LogP contribution in [0.3, 0.4) is 0 Å². The van der Waals surface area contributed by atoms with Crippen molar-refractivity contribution in [3.63, 3.8) is 0 Å². The van der Waals surface area contributed by atoms with E-state index in [1.54, 1.807) is 50.7 Å². The lowest BCUT2D eigenvalue weighted by atomic mass is 10.1. The van der Waals surface area contributed by atoms with Crippen LogP contribution in [0.2, 0.25) is 0 Å². The van der Waals surface area contributed by atoms with Gasteiger partial charge in [-0.25, -0.2) is 12.4 Å². The lowest BCUT2D eigenvalue weighted by Gasteiger charge is -2.12. The quantitative estimate of drug-likeness (QED) is 0.476. The largest absolute Gasteiger partial charge is 0.497 e. The van der Waals surface area contributed by atoms with Crippen molar-refractivity contribution in [2.45, 2.75) is 11.8 Å². The third-order valence-electron chi connectivity index (χ3n) is 4.88. The van der Waals surface area contributed by atoms with Gasteiger partial charge in [-0.05, 0) is 67.1 Å². The number of anilines is 2. The highest BCUT2D eigenvalue weighted by atomic mass is 32.2. The normalized spacial score (nSPS) is 11.4. The van der Waals surface area contributed by atoms with E-state index in [1.807, 2.05) is 43.3 Å². The first-order chi connectivity index (χ1) is 14.4. The fourth-order valence-corrected chi connectivity index (χ4v) is 4.73. The Balaban J connectivity index is 1.79. The molecule has 0 radical (unpaired) electrons. The van der Waals surface area contributed by atoms with E-state index in [9.17, 15) is 8.42 Å². The lowest BCUT2D eigenvalue weighted by Crippen LogP contribution is -2.11. The van der Waals surface area contributed by atoms with Gasteiger partial charge in [0.05, 0.1) is 24.6 Å². The van der Waals surface area contributed by atoms with Gasteiger partial charge in [-0.1, -0.05) is 6.07 Å². The molecule has 0 amide bonds. The predicted molar refractivity (Wildman–Crippen MR) is 119 cm³/mol. The van der Waals surface area contributed by atoms with Gasteiger partial charge in [0.25, 0.3) is 10.0 Å². The number of benzene rings is 3. The van der Waals surface area contributed by atoms with E-state index < -0.39 is 10.0 Å². The molecule has 1 aromatic heterocycles. The molecule has 0 atom stereocenters. The molecule has 1 heterocycles. The van der Waals surface area contributed by atoms with E-state index in [0.29, 0.717) is 11.3 Å². The van der Waals surface area contributed by atoms with Gasteiger partial charge in [0, 0.05) is 29.0 Å². The molecule has 1 N–H and O–H groups in total. The summed E-state index contributed by atoms with van der Waals surface area (Å²) in [7, 11) is -0.588. The van der Waals surface area contributed by atoms with Gasteiger partial charge in [-0.15, -0.1) is 0 Å². The van der Waals surface area contributed by atoms with Crippen LogP contribution in [0.1, 0.15) is 5.56 Å². The summed E-state index contributed by atoms with van der Waals surface area (Å²) in [6.45, 7) is 1.94. The summed E-state index contributed by atoms with van der Waals surface area (Å²) in [5.74, 6) is 1.34. The number of ether oxygens (including phenoxy) is 2. The fourth-order valence-electron chi connectivity index (χ4n) is 3.39. The van der Waals surface area contributed by atoms with E-state index >= 15 is 0 Å². The molecule has 3 aromatic carbocycles. The molecule has 0 aliphatic rings. The minimum absolute atomic E-state index is 0.199. The molecule has 0 saturated carbocycles. The molecule has 30 heavy (non-hydrogen) atoms. The average molecular weight is 423 g/mol. The number of aryl methyl sites for hydroxylation is 1. The van der Waals surface area contributed by atoms with Crippen molar-refractivity contribution >= 4 is 32.3 Å². The molecule has 0 spiro atoms. The first kappa shape index (κ1) is 19.8. The zero-order valence-corrected chi connectivity index (χ0v) is 17.7. The van der Waals surface area contributed by atoms with Crippen molar-refractivity contribution in [3.05, 3.63) is 78.5 Å². The van der Waals surface area contributed by atoms with E-state index in [1.165, 1.54) is 3.97 Å². The van der Waals surface area contributed by atoms with Gasteiger partial charge in [0.1, 0.15) is 11.5 Å². The maximum absolute atomic E-state index is 13.3. The first-order valence-electron chi connectivity index (χ1n) is 9.35. The molecule has 0 aliphatic heterocycles. The topological polar surface area (TPSA) is 69.6 Å². The number of aromatic nitrogens is 1. The van der Waals surface area contributed by atoms with Crippen molar-refractivity contribution in [2.75, 3.05) is 19.5 Å². The zero-order chi connectivity index (χ0) is 21.3. The summed E-state index contributed by atoms with van der Waals surface area (Å²) in [6, 6.07) is 19.6. The molecule has 0 fully saturated rings. The highest BCUT2D eigenvalue weighted by Gasteiger charge is 2.20. The lowest BCUT2D eigenvalue weighted by molar-refractivity contribution is 0.414. The number of hydrogen-bond acceptors (Lipinski definition) is 5. The van der Waals surface area contributed by atoms with E-state index in [-0.39, 0.29) is 4.90 Å². The summed E-state index contributed by atoms with van der Waals surface area (Å²) in [5.41, 5.74) is 3.22.